The van der Waals surface area contributed by atoms with E-state index in [1.165, 1.54) is 4.68 Å². The molecule has 0 radical (unpaired) electrons. The SMILES string of the molecule is CC1(C)COC2(CCC(c3c(C=O)nn4c3CC(F)(F)C4)CC2)C1. The maximum atomic E-state index is 13.7. The van der Waals surface area contributed by atoms with Crippen molar-refractivity contribution in [3.63, 3.8) is 0 Å². The molecule has 132 valence electrons. The second kappa shape index (κ2) is 5.10. The summed E-state index contributed by atoms with van der Waals surface area (Å²) in [6.45, 7) is 4.83. The molecule has 0 unspecified atom stereocenters. The number of aromatic nitrogens is 2. The Morgan fingerprint density at radius 1 is 1.29 bits per heavy atom. The van der Waals surface area contributed by atoms with Gasteiger partial charge in [0.05, 0.1) is 18.6 Å². The number of aldehydes is 1. The van der Waals surface area contributed by atoms with E-state index in [0.717, 1.165) is 50.6 Å². The Balaban J connectivity index is 1.56. The van der Waals surface area contributed by atoms with E-state index in [9.17, 15) is 13.6 Å². The van der Waals surface area contributed by atoms with Crippen LogP contribution in [0.3, 0.4) is 0 Å². The molecule has 1 saturated heterocycles. The van der Waals surface area contributed by atoms with Crippen molar-refractivity contribution in [1.29, 1.82) is 0 Å². The lowest BCUT2D eigenvalue weighted by molar-refractivity contribution is -0.0295. The van der Waals surface area contributed by atoms with Gasteiger partial charge in [0.15, 0.2) is 6.29 Å². The van der Waals surface area contributed by atoms with E-state index in [-0.39, 0.29) is 23.4 Å². The highest BCUT2D eigenvalue weighted by atomic mass is 19.3. The predicted octanol–water partition coefficient (Wildman–Crippen LogP) is 3.73. The molecular formula is C18H24F2N2O2. The van der Waals surface area contributed by atoms with Crippen LogP contribution in [0.4, 0.5) is 8.78 Å². The lowest BCUT2D eigenvalue weighted by Crippen LogP contribution is -2.33. The lowest BCUT2D eigenvalue weighted by atomic mass is 9.71. The van der Waals surface area contributed by atoms with Crippen LogP contribution < -0.4 is 0 Å². The molecule has 0 N–H and O–H groups in total. The molecule has 0 bridgehead atoms. The van der Waals surface area contributed by atoms with Crippen LogP contribution >= 0.6 is 0 Å². The van der Waals surface area contributed by atoms with Gasteiger partial charge in [-0.3, -0.25) is 9.48 Å². The van der Waals surface area contributed by atoms with E-state index in [4.69, 9.17) is 4.74 Å². The van der Waals surface area contributed by atoms with Crippen LogP contribution in [-0.4, -0.2) is 34.2 Å². The van der Waals surface area contributed by atoms with E-state index < -0.39 is 12.5 Å². The van der Waals surface area contributed by atoms with E-state index in [2.05, 4.69) is 18.9 Å². The molecule has 6 heteroatoms. The number of rotatable bonds is 2. The van der Waals surface area contributed by atoms with Crippen LogP contribution in [0.15, 0.2) is 0 Å². The van der Waals surface area contributed by atoms with Crippen molar-refractivity contribution in [2.45, 2.75) is 76.4 Å². The first-order valence-corrected chi connectivity index (χ1v) is 8.79. The highest BCUT2D eigenvalue weighted by molar-refractivity contribution is 5.75. The Morgan fingerprint density at radius 2 is 2.00 bits per heavy atom. The maximum absolute atomic E-state index is 13.7. The van der Waals surface area contributed by atoms with Gasteiger partial charge in [-0.25, -0.2) is 8.78 Å². The zero-order chi connectivity index (χ0) is 17.2. The van der Waals surface area contributed by atoms with Crippen LogP contribution in [0.5, 0.6) is 0 Å². The Labute approximate surface area is 140 Å². The molecule has 0 atom stereocenters. The average Bonchev–Trinajstić information content (AvgIpc) is 3.07. The van der Waals surface area contributed by atoms with Crippen LogP contribution in [0.2, 0.25) is 0 Å². The molecule has 0 amide bonds. The molecule has 1 aliphatic carbocycles. The fourth-order valence-corrected chi connectivity index (χ4v) is 4.98. The number of nitrogens with zero attached hydrogens (tertiary/aromatic N) is 2. The number of hydrogen-bond donors (Lipinski definition) is 0. The number of carbonyl (C=O) groups excluding carboxylic acids is 1. The fourth-order valence-electron chi connectivity index (χ4n) is 4.98. The molecule has 1 aromatic heterocycles. The minimum atomic E-state index is -2.74. The Kier molecular flexibility index (Phi) is 3.44. The smallest absolute Gasteiger partial charge is 0.272 e. The van der Waals surface area contributed by atoms with Crippen molar-refractivity contribution in [3.05, 3.63) is 17.0 Å². The highest BCUT2D eigenvalue weighted by Gasteiger charge is 2.48. The average molecular weight is 338 g/mol. The summed E-state index contributed by atoms with van der Waals surface area (Å²) in [4.78, 5) is 11.4. The minimum Gasteiger partial charge on any atom is -0.374 e. The molecule has 2 aliphatic heterocycles. The van der Waals surface area contributed by atoms with Gasteiger partial charge in [-0.05, 0) is 43.4 Å². The van der Waals surface area contributed by atoms with Gasteiger partial charge < -0.3 is 4.74 Å². The quantitative estimate of drug-likeness (QED) is 0.772. The number of alkyl halides is 2. The summed E-state index contributed by atoms with van der Waals surface area (Å²) in [5.41, 5.74) is 1.85. The van der Waals surface area contributed by atoms with Crippen LogP contribution in [0.25, 0.3) is 0 Å². The van der Waals surface area contributed by atoms with Crippen LogP contribution in [0, 0.1) is 5.41 Å². The summed E-state index contributed by atoms with van der Waals surface area (Å²) < 4.78 is 34.9. The van der Waals surface area contributed by atoms with Gasteiger partial charge in [0.1, 0.15) is 12.2 Å². The number of carbonyl (C=O) groups is 1. The molecule has 1 saturated carbocycles. The molecule has 3 aliphatic rings. The van der Waals surface area contributed by atoms with Crippen molar-refractivity contribution in [2.24, 2.45) is 5.41 Å². The van der Waals surface area contributed by atoms with Gasteiger partial charge in [0.2, 0.25) is 0 Å². The number of hydrogen-bond acceptors (Lipinski definition) is 3. The summed E-state index contributed by atoms with van der Waals surface area (Å²) in [5, 5.41) is 4.13. The van der Waals surface area contributed by atoms with E-state index in [1.807, 2.05) is 0 Å². The number of ether oxygens (including phenoxy) is 1. The largest absolute Gasteiger partial charge is 0.374 e. The van der Waals surface area contributed by atoms with Gasteiger partial charge in [0, 0.05) is 11.3 Å². The predicted molar refractivity (Wildman–Crippen MR) is 84.6 cm³/mol. The molecule has 1 spiro atoms. The van der Waals surface area contributed by atoms with Gasteiger partial charge in [-0.15, -0.1) is 0 Å². The fraction of sp³-hybridized carbons (Fsp3) is 0.778. The summed E-state index contributed by atoms with van der Waals surface area (Å²) in [7, 11) is 0. The lowest BCUT2D eigenvalue weighted by Gasteiger charge is -2.37. The Morgan fingerprint density at radius 3 is 2.58 bits per heavy atom. The van der Waals surface area contributed by atoms with Crippen molar-refractivity contribution >= 4 is 6.29 Å². The van der Waals surface area contributed by atoms with E-state index >= 15 is 0 Å². The van der Waals surface area contributed by atoms with Crippen molar-refractivity contribution < 1.29 is 18.3 Å². The molecule has 3 heterocycles. The number of halogens is 2. The summed E-state index contributed by atoms with van der Waals surface area (Å²) in [6.07, 6.45) is 5.09. The normalized spacial score (nSPS) is 33.8. The Hall–Kier alpha value is -1.30. The second-order valence-corrected chi connectivity index (χ2v) is 8.64. The second-order valence-electron chi connectivity index (χ2n) is 8.64. The first-order valence-electron chi connectivity index (χ1n) is 8.79. The molecular weight excluding hydrogens is 314 g/mol. The Bertz CT molecular complexity index is 673. The van der Waals surface area contributed by atoms with Crippen LogP contribution in [-0.2, 0) is 17.7 Å². The zero-order valence-electron chi connectivity index (χ0n) is 14.3. The van der Waals surface area contributed by atoms with Gasteiger partial charge >= 0.3 is 0 Å². The molecule has 2 fully saturated rings. The zero-order valence-corrected chi connectivity index (χ0v) is 14.3. The molecule has 1 aromatic rings. The first kappa shape index (κ1) is 16.2. The van der Waals surface area contributed by atoms with Crippen molar-refractivity contribution in [1.82, 2.24) is 9.78 Å². The van der Waals surface area contributed by atoms with Gasteiger partial charge in [0.25, 0.3) is 5.92 Å². The number of fused-ring (bicyclic) bond motifs is 1. The van der Waals surface area contributed by atoms with Crippen molar-refractivity contribution in [2.75, 3.05) is 6.61 Å². The third-order valence-electron chi connectivity index (χ3n) is 5.92. The van der Waals surface area contributed by atoms with E-state index in [1.54, 1.807) is 0 Å². The molecule has 4 rings (SSSR count). The third kappa shape index (κ3) is 2.59. The summed E-state index contributed by atoms with van der Waals surface area (Å²) in [5.74, 6) is -2.60. The van der Waals surface area contributed by atoms with Crippen LogP contribution in [0.1, 0.15) is 73.6 Å². The highest BCUT2D eigenvalue weighted by Crippen LogP contribution is 2.51. The van der Waals surface area contributed by atoms with Gasteiger partial charge in [-0.1, -0.05) is 13.8 Å². The molecule has 0 aromatic carbocycles. The maximum Gasteiger partial charge on any atom is 0.272 e. The summed E-state index contributed by atoms with van der Waals surface area (Å²) in [6, 6.07) is 0. The van der Waals surface area contributed by atoms with E-state index in [0.29, 0.717) is 11.4 Å². The third-order valence-corrected chi connectivity index (χ3v) is 5.92. The monoisotopic (exact) mass is 338 g/mol. The topological polar surface area (TPSA) is 44.1 Å². The standard InChI is InChI=1S/C18H24F2N2O2/c1-16(2)9-17(24-11-16)5-3-12(4-6-17)15-13(8-23)21-22-10-18(19,20)7-14(15)22/h8,12H,3-7,9-11H2,1-2H3. The van der Waals surface area contributed by atoms with Crippen molar-refractivity contribution in [3.8, 4) is 0 Å². The molecule has 4 nitrogen and oxygen atoms in total. The summed E-state index contributed by atoms with van der Waals surface area (Å²) >= 11 is 0. The van der Waals surface area contributed by atoms with Gasteiger partial charge in [-0.2, -0.15) is 5.10 Å². The first-order chi connectivity index (χ1) is 11.2. The molecule has 24 heavy (non-hydrogen) atoms. The minimum absolute atomic E-state index is 0.0540.